The van der Waals surface area contributed by atoms with Crippen molar-refractivity contribution in [3.8, 4) is 11.1 Å². The van der Waals surface area contributed by atoms with Crippen LogP contribution in [0.5, 0.6) is 0 Å². The van der Waals surface area contributed by atoms with E-state index in [0.717, 1.165) is 94.4 Å². The number of nitrogens with one attached hydrogen (secondary N) is 1. The van der Waals surface area contributed by atoms with Gasteiger partial charge in [0.25, 0.3) is 11.8 Å². The van der Waals surface area contributed by atoms with Crippen LogP contribution in [0.4, 0.5) is 4.79 Å². The van der Waals surface area contributed by atoms with Gasteiger partial charge in [0.05, 0.1) is 44.1 Å². The van der Waals surface area contributed by atoms with Crippen molar-refractivity contribution in [3.63, 3.8) is 0 Å². The van der Waals surface area contributed by atoms with Crippen molar-refractivity contribution < 1.29 is 29.3 Å². The van der Waals surface area contributed by atoms with Gasteiger partial charge in [-0.2, -0.15) is 10.2 Å². The Hall–Kier alpha value is -4.67. The molecule has 4 aromatic heterocycles. The predicted molar refractivity (Wildman–Crippen MR) is 274 cm³/mol. The SMILES string of the molecule is CC(C)(CO)C(=O)n1nc(C2CCN(C(=O)OCC3c4ccccc4-c4ccccc43)CC2)cc1CCc1ccc(Cl)s1.CC(C)(CO)C(=O)n1nc(C2CCNCC2)cc1CCc1ccc(Cl)s1. The highest BCUT2D eigenvalue weighted by atomic mass is 35.5. The molecule has 0 atom stereocenters. The lowest BCUT2D eigenvalue weighted by atomic mass is 9.93. The summed E-state index contributed by atoms with van der Waals surface area (Å²) in [6, 6.07) is 28.6. The van der Waals surface area contributed by atoms with Gasteiger partial charge in [-0.1, -0.05) is 71.7 Å². The van der Waals surface area contributed by atoms with E-state index in [4.69, 9.17) is 33.0 Å². The Morgan fingerprint density at radius 3 is 1.55 bits per heavy atom. The Morgan fingerprint density at radius 1 is 0.667 bits per heavy atom. The number of piperidine rings is 2. The van der Waals surface area contributed by atoms with Crippen LogP contribution >= 0.6 is 45.9 Å². The number of hydrogen-bond donors (Lipinski definition) is 3. The number of aromatic nitrogens is 4. The van der Waals surface area contributed by atoms with Gasteiger partial charge < -0.3 is 25.2 Å². The van der Waals surface area contributed by atoms with Crippen LogP contribution in [0, 0.1) is 10.8 Å². The number of likely N-dealkylation sites (tertiary alicyclic amines) is 1. The van der Waals surface area contributed by atoms with Crippen molar-refractivity contribution >= 4 is 63.8 Å². The number of carbonyl (C=O) groups excluding carboxylic acids is 3. The second kappa shape index (κ2) is 22.2. The van der Waals surface area contributed by atoms with Gasteiger partial charge >= 0.3 is 6.09 Å². The molecule has 0 bridgehead atoms. The smallest absolute Gasteiger partial charge is 0.409 e. The van der Waals surface area contributed by atoms with Crippen LogP contribution in [0.15, 0.2) is 84.9 Å². The summed E-state index contributed by atoms with van der Waals surface area (Å²) in [5.41, 5.74) is 6.60. The molecule has 2 aliphatic heterocycles. The third-order valence-electron chi connectivity index (χ3n) is 13.7. The number of ether oxygens (including phenoxy) is 1. The summed E-state index contributed by atoms with van der Waals surface area (Å²) in [5, 5.41) is 32.3. The van der Waals surface area contributed by atoms with Gasteiger partial charge in [0, 0.05) is 52.0 Å². The Balaban J connectivity index is 0.000000211. The minimum absolute atomic E-state index is 0.0298. The van der Waals surface area contributed by atoms with Gasteiger partial charge in [-0.05, 0) is 151 Å². The minimum Gasteiger partial charge on any atom is -0.448 e. The molecular weight excluding hydrogens is 952 g/mol. The second-order valence-electron chi connectivity index (χ2n) is 19.6. The molecule has 69 heavy (non-hydrogen) atoms. The zero-order valence-corrected chi connectivity index (χ0v) is 42.9. The molecule has 3 N–H and O–H groups in total. The number of halogens is 2. The first-order chi connectivity index (χ1) is 33.1. The maximum absolute atomic E-state index is 13.4. The molecule has 2 fully saturated rings. The molecule has 2 saturated heterocycles. The van der Waals surface area contributed by atoms with Crippen molar-refractivity contribution in [2.45, 2.75) is 96.8 Å². The molecule has 6 heterocycles. The van der Waals surface area contributed by atoms with Crippen molar-refractivity contribution in [2.24, 2.45) is 10.8 Å². The highest BCUT2D eigenvalue weighted by Crippen LogP contribution is 2.45. The summed E-state index contributed by atoms with van der Waals surface area (Å²) in [5.74, 6) is 0.162. The van der Waals surface area contributed by atoms with Crippen LogP contribution in [0.1, 0.15) is 124 Å². The molecule has 3 aliphatic rings. The summed E-state index contributed by atoms with van der Waals surface area (Å²) in [6.07, 6.45) is 6.18. The van der Waals surface area contributed by atoms with Crippen LogP contribution in [-0.2, 0) is 30.4 Å². The molecule has 2 aromatic carbocycles. The molecule has 16 heteroatoms. The molecule has 0 radical (unpaired) electrons. The zero-order valence-electron chi connectivity index (χ0n) is 39.8. The molecule has 0 saturated carbocycles. The van der Waals surface area contributed by atoms with Crippen LogP contribution < -0.4 is 5.32 Å². The van der Waals surface area contributed by atoms with E-state index in [0.29, 0.717) is 32.0 Å². The summed E-state index contributed by atoms with van der Waals surface area (Å²) >= 11 is 15.2. The topological polar surface area (TPSA) is 152 Å². The second-order valence-corrected chi connectivity index (χ2v) is 23.2. The molecule has 12 nitrogen and oxygen atoms in total. The van der Waals surface area contributed by atoms with Crippen LogP contribution in [0.2, 0.25) is 8.67 Å². The lowest BCUT2D eigenvalue weighted by molar-refractivity contribution is 0.0601. The maximum atomic E-state index is 13.4. The summed E-state index contributed by atoms with van der Waals surface area (Å²) in [7, 11) is 0. The first kappa shape index (κ1) is 50.7. The highest BCUT2D eigenvalue weighted by molar-refractivity contribution is 7.16. The highest BCUT2D eigenvalue weighted by Gasteiger charge is 2.35. The number of benzene rings is 2. The molecule has 6 aromatic rings. The number of amides is 1. The largest absolute Gasteiger partial charge is 0.448 e. The normalized spacial score (nSPS) is 15.7. The summed E-state index contributed by atoms with van der Waals surface area (Å²) < 4.78 is 10.4. The van der Waals surface area contributed by atoms with Crippen LogP contribution in [0.25, 0.3) is 11.1 Å². The maximum Gasteiger partial charge on any atom is 0.409 e. The van der Waals surface area contributed by atoms with Gasteiger partial charge in [-0.25, -0.2) is 14.2 Å². The van der Waals surface area contributed by atoms with Crippen LogP contribution in [0.3, 0.4) is 0 Å². The molecular formula is C53H62Cl2N6O6S2. The van der Waals surface area contributed by atoms with E-state index in [1.54, 1.807) is 43.9 Å². The van der Waals surface area contributed by atoms with Gasteiger partial charge in [0.15, 0.2) is 0 Å². The lowest BCUT2D eigenvalue weighted by Crippen LogP contribution is -2.39. The Labute approximate surface area is 422 Å². The molecule has 9 rings (SSSR count). The number of thiophene rings is 2. The first-order valence-corrected chi connectivity index (χ1v) is 26.3. The first-order valence-electron chi connectivity index (χ1n) is 23.9. The van der Waals surface area contributed by atoms with Gasteiger partial charge in [-0.15, -0.1) is 22.7 Å². The van der Waals surface area contributed by atoms with E-state index in [1.165, 1.54) is 47.8 Å². The minimum atomic E-state index is -0.947. The Kier molecular flexibility index (Phi) is 16.3. The van der Waals surface area contributed by atoms with Crippen molar-refractivity contribution in [2.75, 3.05) is 46.0 Å². The third kappa shape index (κ3) is 11.8. The van der Waals surface area contributed by atoms with E-state index >= 15 is 0 Å². The Bertz CT molecular complexity index is 2700. The number of hydrogen-bond acceptors (Lipinski definition) is 11. The number of rotatable bonds is 14. The van der Waals surface area contributed by atoms with E-state index in [9.17, 15) is 24.6 Å². The average molecular weight is 1010 g/mol. The number of aryl methyl sites for hydroxylation is 4. The Morgan fingerprint density at radius 2 is 1.12 bits per heavy atom. The summed E-state index contributed by atoms with van der Waals surface area (Å²) in [6.45, 7) is 9.90. The number of nitrogens with zero attached hydrogens (tertiary/aromatic N) is 5. The van der Waals surface area contributed by atoms with Gasteiger partial charge in [-0.3, -0.25) is 9.59 Å². The average Bonchev–Trinajstić information content (AvgIpc) is 4.23. The quantitative estimate of drug-likeness (QED) is 0.0968. The fourth-order valence-corrected chi connectivity index (χ4v) is 11.5. The van der Waals surface area contributed by atoms with E-state index < -0.39 is 10.8 Å². The van der Waals surface area contributed by atoms with Crippen LogP contribution in [-0.4, -0.2) is 98.6 Å². The fourth-order valence-electron chi connectivity index (χ4n) is 9.33. The van der Waals surface area contributed by atoms with E-state index in [-0.39, 0.29) is 43.0 Å². The predicted octanol–water partition coefficient (Wildman–Crippen LogP) is 10.7. The summed E-state index contributed by atoms with van der Waals surface area (Å²) in [4.78, 5) is 43.6. The third-order valence-corrected chi connectivity index (χ3v) is 16.3. The monoisotopic (exact) mass is 1010 g/mol. The number of aliphatic hydroxyl groups excluding tert-OH is 2. The van der Waals surface area contributed by atoms with E-state index in [2.05, 4.69) is 40.7 Å². The van der Waals surface area contributed by atoms with Gasteiger partial charge in [0.1, 0.15) is 6.61 Å². The molecule has 366 valence electrons. The molecule has 0 spiro atoms. The van der Waals surface area contributed by atoms with E-state index in [1.807, 2.05) is 54.6 Å². The zero-order chi connectivity index (χ0) is 48.9. The number of carbonyl (C=O) groups is 3. The van der Waals surface area contributed by atoms with Crippen molar-refractivity contribution in [3.05, 3.63) is 137 Å². The molecule has 1 aliphatic carbocycles. The molecule has 1 amide bonds. The number of aliphatic hydroxyl groups is 2. The standard InChI is InChI=1S/C34H36ClN3O4S.C19H26ClN3O2S/c1-34(2,21-39)32(40)38-23(11-12-24-13-14-31(35)43-24)19-30(36-38)22-15-17-37(18-16-22)33(41)42-20-29-27-9-5-3-7-25(27)26-8-4-6-10-28(26)29;1-19(2,12-24)18(25)23-14(3-4-15-5-6-17(20)26-15)11-16(22-23)13-7-9-21-10-8-13/h3-10,13-14,19,22,29,39H,11-12,15-18,20-21H2,1-2H3;5-6,11,13,21,24H,3-4,7-10,12H2,1-2H3. The van der Waals surface area contributed by atoms with Crippen molar-refractivity contribution in [1.29, 1.82) is 0 Å². The fraction of sp³-hybridized carbons (Fsp3) is 0.453. The van der Waals surface area contributed by atoms with Gasteiger partial charge in [0.2, 0.25) is 0 Å². The number of fused-ring (bicyclic) bond motifs is 3. The van der Waals surface area contributed by atoms with Crippen molar-refractivity contribution in [1.82, 2.24) is 29.8 Å². The lowest BCUT2D eigenvalue weighted by Gasteiger charge is -2.31. The molecule has 0 unspecified atom stereocenters.